The van der Waals surface area contributed by atoms with Gasteiger partial charge in [-0.2, -0.15) is 0 Å². The fourth-order valence-corrected chi connectivity index (χ4v) is 3.41. The smallest absolute Gasteiger partial charge is 0.326 e. The van der Waals surface area contributed by atoms with E-state index >= 15 is 0 Å². The molecule has 0 bridgehead atoms. The van der Waals surface area contributed by atoms with E-state index in [9.17, 15) is 39.0 Å². The summed E-state index contributed by atoms with van der Waals surface area (Å²) in [4.78, 5) is 72.1. The molecule has 210 valence electrons. The number of aliphatic carboxylic acids is 2. The molecule has 1 rings (SSSR count). The molecule has 0 spiro atoms. The summed E-state index contributed by atoms with van der Waals surface area (Å²) >= 11 is 0. The fraction of sp³-hybridized carbons (Fsp3) is 0.500. The van der Waals surface area contributed by atoms with Gasteiger partial charge < -0.3 is 42.7 Å². The third-order valence-corrected chi connectivity index (χ3v) is 5.38. The van der Waals surface area contributed by atoms with E-state index in [-0.39, 0.29) is 37.4 Å². The Labute approximate surface area is 219 Å². The third-order valence-electron chi connectivity index (χ3n) is 5.38. The second-order valence-electron chi connectivity index (χ2n) is 9.23. The predicted octanol–water partition coefficient (Wildman–Crippen LogP) is -1.41. The Morgan fingerprint density at radius 2 is 1.37 bits per heavy atom. The van der Waals surface area contributed by atoms with Crippen LogP contribution in [0.5, 0.6) is 5.75 Å². The predicted molar refractivity (Wildman–Crippen MR) is 133 cm³/mol. The molecule has 4 unspecified atom stereocenters. The van der Waals surface area contributed by atoms with Crippen LogP contribution in [0.4, 0.5) is 0 Å². The van der Waals surface area contributed by atoms with E-state index in [2.05, 4.69) is 16.0 Å². The van der Waals surface area contributed by atoms with Crippen molar-refractivity contribution in [2.45, 2.75) is 70.1 Å². The molecule has 0 aliphatic rings. The van der Waals surface area contributed by atoms with Gasteiger partial charge in [0.15, 0.2) is 0 Å². The molecule has 0 saturated carbocycles. The maximum atomic E-state index is 13.3. The number of hydrogen-bond acceptors (Lipinski definition) is 8. The highest BCUT2D eigenvalue weighted by molar-refractivity contribution is 5.94. The normalized spacial score (nSPS) is 14.0. The first-order valence-electron chi connectivity index (χ1n) is 11.9. The average molecular weight is 538 g/mol. The molecule has 0 heterocycles. The molecule has 14 nitrogen and oxygen atoms in total. The Balaban J connectivity index is 3.14. The number of phenolic OH excluding ortho intramolecular Hbond substituents is 1. The summed E-state index contributed by atoms with van der Waals surface area (Å²) in [6, 6.07) is 0.446. The SMILES string of the molecule is CC(C)CC(NC(=O)C(Cc1ccc(O)cc1)NC(=O)C(N)CCC(N)=O)C(=O)NC(CC(=O)O)C(=O)O. The summed E-state index contributed by atoms with van der Waals surface area (Å²) in [6.45, 7) is 3.51. The van der Waals surface area contributed by atoms with Crippen molar-refractivity contribution in [3.63, 3.8) is 0 Å². The van der Waals surface area contributed by atoms with Crippen molar-refractivity contribution >= 4 is 35.6 Å². The topological polar surface area (TPSA) is 251 Å². The van der Waals surface area contributed by atoms with Crippen molar-refractivity contribution in [3.05, 3.63) is 29.8 Å². The molecule has 0 radical (unpaired) electrons. The van der Waals surface area contributed by atoms with Gasteiger partial charge in [-0.3, -0.25) is 24.0 Å². The van der Waals surface area contributed by atoms with Gasteiger partial charge in [0.25, 0.3) is 0 Å². The van der Waals surface area contributed by atoms with Crippen LogP contribution in [0.3, 0.4) is 0 Å². The molecular weight excluding hydrogens is 502 g/mol. The summed E-state index contributed by atoms with van der Waals surface area (Å²) in [6.07, 6.45) is -1.07. The molecule has 1 aromatic carbocycles. The minimum Gasteiger partial charge on any atom is -0.508 e. The number of benzene rings is 1. The Bertz CT molecular complexity index is 1010. The Morgan fingerprint density at radius 3 is 1.87 bits per heavy atom. The standard InChI is InChI=1S/C24H35N5O9/c1-12(2)9-16(22(35)29-18(24(37)38)11-20(32)33)28-23(36)17(10-13-3-5-14(30)6-4-13)27-21(34)15(25)7-8-19(26)31/h3-6,12,15-18,30H,7-11,25H2,1-2H3,(H2,26,31)(H,27,34)(H,28,36)(H,29,35)(H,32,33)(H,37,38). The summed E-state index contributed by atoms with van der Waals surface area (Å²) in [5, 5.41) is 34.8. The number of rotatable bonds is 16. The number of carboxylic acids is 2. The van der Waals surface area contributed by atoms with E-state index in [0.29, 0.717) is 5.56 Å². The average Bonchev–Trinajstić information content (AvgIpc) is 2.81. The molecule has 38 heavy (non-hydrogen) atoms. The van der Waals surface area contributed by atoms with Gasteiger partial charge in [-0.05, 0) is 36.5 Å². The number of carbonyl (C=O) groups excluding carboxylic acids is 4. The van der Waals surface area contributed by atoms with Gasteiger partial charge in [0.05, 0.1) is 12.5 Å². The molecule has 0 saturated heterocycles. The minimum atomic E-state index is -1.72. The number of carbonyl (C=O) groups is 6. The minimum absolute atomic E-state index is 0.0183. The van der Waals surface area contributed by atoms with Crippen LogP contribution >= 0.6 is 0 Å². The number of amides is 4. The molecule has 0 aliphatic heterocycles. The second kappa shape index (κ2) is 15.1. The van der Waals surface area contributed by atoms with Gasteiger partial charge in [-0.15, -0.1) is 0 Å². The highest BCUT2D eigenvalue weighted by Gasteiger charge is 2.31. The van der Waals surface area contributed by atoms with Gasteiger partial charge in [0, 0.05) is 12.8 Å². The quantitative estimate of drug-likeness (QED) is 0.122. The van der Waals surface area contributed by atoms with Crippen LogP contribution in [-0.2, 0) is 35.2 Å². The lowest BCUT2D eigenvalue weighted by Gasteiger charge is -2.26. The first kappa shape index (κ1) is 31.8. The number of aromatic hydroxyl groups is 1. The van der Waals surface area contributed by atoms with Gasteiger partial charge >= 0.3 is 11.9 Å². The van der Waals surface area contributed by atoms with Gasteiger partial charge in [0.1, 0.15) is 23.9 Å². The molecule has 4 atom stereocenters. The maximum Gasteiger partial charge on any atom is 0.326 e. The first-order chi connectivity index (χ1) is 17.7. The molecule has 0 aliphatic carbocycles. The second-order valence-corrected chi connectivity index (χ2v) is 9.23. The summed E-state index contributed by atoms with van der Waals surface area (Å²) in [5.74, 6) is -6.26. The van der Waals surface area contributed by atoms with E-state index in [0.717, 1.165) is 0 Å². The Hall–Kier alpha value is -4.20. The number of nitrogens with one attached hydrogen (secondary N) is 3. The van der Waals surface area contributed by atoms with Crippen molar-refractivity contribution in [1.82, 2.24) is 16.0 Å². The van der Waals surface area contributed by atoms with Crippen molar-refractivity contribution in [2.24, 2.45) is 17.4 Å². The lowest BCUT2D eigenvalue weighted by Crippen LogP contribution is -2.58. The number of phenols is 1. The van der Waals surface area contributed by atoms with Crippen LogP contribution in [0.25, 0.3) is 0 Å². The van der Waals surface area contributed by atoms with Gasteiger partial charge in [0.2, 0.25) is 23.6 Å². The fourth-order valence-electron chi connectivity index (χ4n) is 3.41. The van der Waals surface area contributed by atoms with Crippen molar-refractivity contribution in [1.29, 1.82) is 0 Å². The zero-order valence-electron chi connectivity index (χ0n) is 21.2. The molecule has 0 aromatic heterocycles. The zero-order valence-corrected chi connectivity index (χ0v) is 21.2. The van der Waals surface area contributed by atoms with Crippen LogP contribution in [0.1, 0.15) is 45.1 Å². The Kier molecular flexibility index (Phi) is 12.7. The highest BCUT2D eigenvalue weighted by Crippen LogP contribution is 2.13. The molecular formula is C24H35N5O9. The van der Waals surface area contributed by atoms with E-state index in [4.69, 9.17) is 16.6 Å². The van der Waals surface area contributed by atoms with E-state index in [1.807, 2.05) is 0 Å². The molecule has 4 amide bonds. The van der Waals surface area contributed by atoms with Gasteiger partial charge in [-0.1, -0.05) is 26.0 Å². The van der Waals surface area contributed by atoms with Crippen LogP contribution < -0.4 is 27.4 Å². The van der Waals surface area contributed by atoms with Crippen LogP contribution in [0, 0.1) is 5.92 Å². The van der Waals surface area contributed by atoms with Crippen molar-refractivity contribution < 1.29 is 44.1 Å². The van der Waals surface area contributed by atoms with E-state index in [1.54, 1.807) is 13.8 Å². The van der Waals surface area contributed by atoms with Gasteiger partial charge in [-0.25, -0.2) is 4.79 Å². The van der Waals surface area contributed by atoms with Crippen LogP contribution in [0.15, 0.2) is 24.3 Å². The lowest BCUT2D eigenvalue weighted by atomic mass is 10.00. The van der Waals surface area contributed by atoms with E-state index < -0.39 is 66.2 Å². The maximum absolute atomic E-state index is 13.3. The van der Waals surface area contributed by atoms with Crippen molar-refractivity contribution in [2.75, 3.05) is 0 Å². The van der Waals surface area contributed by atoms with E-state index in [1.165, 1.54) is 24.3 Å². The first-order valence-corrected chi connectivity index (χ1v) is 11.9. The summed E-state index contributed by atoms with van der Waals surface area (Å²) in [5.41, 5.74) is 11.4. The zero-order chi connectivity index (χ0) is 29.0. The van der Waals surface area contributed by atoms with Crippen LogP contribution in [-0.4, -0.2) is 75.1 Å². The number of primary amides is 1. The monoisotopic (exact) mass is 537 g/mol. The number of carboxylic acid groups (broad SMARTS) is 2. The summed E-state index contributed by atoms with van der Waals surface area (Å²) in [7, 11) is 0. The molecule has 10 N–H and O–H groups in total. The Morgan fingerprint density at radius 1 is 0.842 bits per heavy atom. The number of hydrogen-bond donors (Lipinski definition) is 8. The van der Waals surface area contributed by atoms with Crippen LogP contribution in [0.2, 0.25) is 0 Å². The highest BCUT2D eigenvalue weighted by atomic mass is 16.4. The largest absolute Gasteiger partial charge is 0.508 e. The molecule has 1 aromatic rings. The molecule has 14 heteroatoms. The van der Waals surface area contributed by atoms with Crippen molar-refractivity contribution in [3.8, 4) is 5.75 Å². The molecule has 0 fully saturated rings. The lowest BCUT2D eigenvalue weighted by molar-refractivity contribution is -0.147. The summed E-state index contributed by atoms with van der Waals surface area (Å²) < 4.78 is 0. The third kappa shape index (κ3) is 11.7. The number of nitrogens with two attached hydrogens (primary N) is 2.